The molecule has 0 radical (unpaired) electrons. The van der Waals surface area contributed by atoms with Crippen LogP contribution < -0.4 is 4.90 Å². The molecule has 0 bridgehead atoms. The molecule has 1 rings (SSSR count). The van der Waals surface area contributed by atoms with Crippen LogP contribution in [0.4, 0.5) is 5.69 Å². The van der Waals surface area contributed by atoms with E-state index in [-0.39, 0.29) is 5.91 Å². The van der Waals surface area contributed by atoms with Crippen molar-refractivity contribution in [2.24, 2.45) is 0 Å². The number of hydrogen-bond donors (Lipinski definition) is 0. The molecule has 0 aliphatic heterocycles. The Morgan fingerprint density at radius 1 is 1.11 bits per heavy atom. The Kier molecular flexibility index (Phi) is 5.87. The molecule has 3 heteroatoms. The number of nitrogens with zero attached hydrogens (tertiary/aromatic N) is 2. The number of carbonyl (C=O) groups is 1. The van der Waals surface area contributed by atoms with Crippen LogP contribution >= 0.6 is 0 Å². The van der Waals surface area contributed by atoms with E-state index < -0.39 is 0 Å². The fourth-order valence-electron chi connectivity index (χ4n) is 2.33. The molecule has 0 heterocycles. The molecule has 0 atom stereocenters. The summed E-state index contributed by atoms with van der Waals surface area (Å²) < 4.78 is 0. The molecule has 0 fully saturated rings. The molecule has 1 amide bonds. The lowest BCUT2D eigenvalue weighted by molar-refractivity contribution is 0.0755. The number of amides is 1. The molecule has 0 saturated carbocycles. The summed E-state index contributed by atoms with van der Waals surface area (Å²) in [6.07, 6.45) is 2.00. The minimum Gasteiger partial charge on any atom is -0.377 e. The Morgan fingerprint density at radius 3 is 2.11 bits per heavy atom. The van der Waals surface area contributed by atoms with E-state index in [0.29, 0.717) is 0 Å². The van der Waals surface area contributed by atoms with Crippen molar-refractivity contribution in [3.05, 3.63) is 29.3 Å². The van der Waals surface area contributed by atoms with Gasteiger partial charge in [-0.2, -0.15) is 0 Å². The van der Waals surface area contributed by atoms with Gasteiger partial charge >= 0.3 is 0 Å². The predicted molar refractivity (Wildman–Crippen MR) is 82.0 cm³/mol. The minimum absolute atomic E-state index is 0.150. The van der Waals surface area contributed by atoms with E-state index in [1.807, 2.05) is 37.2 Å². The fraction of sp³-hybridized carbons (Fsp3) is 0.562. The van der Waals surface area contributed by atoms with Crippen molar-refractivity contribution in [1.29, 1.82) is 0 Å². The van der Waals surface area contributed by atoms with Gasteiger partial charge in [0, 0.05) is 38.4 Å². The molecule has 19 heavy (non-hydrogen) atoms. The van der Waals surface area contributed by atoms with E-state index in [9.17, 15) is 4.79 Å². The molecule has 0 spiro atoms. The van der Waals surface area contributed by atoms with Gasteiger partial charge in [-0.1, -0.05) is 13.8 Å². The highest BCUT2D eigenvalue weighted by molar-refractivity contribution is 5.95. The molecule has 1 aromatic rings. The van der Waals surface area contributed by atoms with Crippen molar-refractivity contribution >= 4 is 11.6 Å². The van der Waals surface area contributed by atoms with Crippen LogP contribution in [0.3, 0.4) is 0 Å². The van der Waals surface area contributed by atoms with Crippen molar-refractivity contribution in [2.75, 3.05) is 32.1 Å². The van der Waals surface area contributed by atoms with Crippen molar-refractivity contribution in [3.63, 3.8) is 0 Å². The Balaban J connectivity index is 2.95. The van der Waals surface area contributed by atoms with Crippen molar-refractivity contribution in [1.82, 2.24) is 4.90 Å². The van der Waals surface area contributed by atoms with Gasteiger partial charge in [0.25, 0.3) is 5.91 Å². The fourth-order valence-corrected chi connectivity index (χ4v) is 2.33. The number of hydrogen-bond acceptors (Lipinski definition) is 2. The average Bonchev–Trinajstić information content (AvgIpc) is 2.37. The normalized spacial score (nSPS) is 10.4. The quantitative estimate of drug-likeness (QED) is 0.785. The molecular weight excluding hydrogens is 236 g/mol. The van der Waals surface area contributed by atoms with Crippen LogP contribution in [-0.4, -0.2) is 38.0 Å². The lowest BCUT2D eigenvalue weighted by Crippen LogP contribution is -2.32. The number of benzene rings is 1. The molecule has 0 aliphatic rings. The summed E-state index contributed by atoms with van der Waals surface area (Å²) in [6.45, 7) is 7.94. The van der Waals surface area contributed by atoms with Gasteiger partial charge in [0.1, 0.15) is 0 Å². The second kappa shape index (κ2) is 7.17. The minimum atomic E-state index is 0.150. The number of carbonyl (C=O) groups excluding carboxylic acids is 1. The van der Waals surface area contributed by atoms with Gasteiger partial charge in [-0.3, -0.25) is 4.79 Å². The Morgan fingerprint density at radius 2 is 1.68 bits per heavy atom. The third-order valence-corrected chi connectivity index (χ3v) is 3.20. The Bertz CT molecular complexity index is 421. The smallest absolute Gasteiger partial charge is 0.253 e. The molecule has 0 aromatic heterocycles. The SMILES string of the molecule is CCCN(CCC)C(=O)c1ccc(N(C)C)c(C)c1. The van der Waals surface area contributed by atoms with E-state index in [1.165, 1.54) is 0 Å². The molecule has 0 aliphatic carbocycles. The molecule has 0 unspecified atom stereocenters. The van der Waals surface area contributed by atoms with E-state index in [4.69, 9.17) is 0 Å². The summed E-state index contributed by atoms with van der Waals surface area (Å²) in [4.78, 5) is 16.5. The molecule has 3 nitrogen and oxygen atoms in total. The van der Waals surface area contributed by atoms with Crippen LogP contribution in [0.15, 0.2) is 18.2 Å². The van der Waals surface area contributed by atoms with Crippen LogP contribution in [0.25, 0.3) is 0 Å². The maximum atomic E-state index is 12.5. The summed E-state index contributed by atoms with van der Waals surface area (Å²) in [5.74, 6) is 0.150. The highest BCUT2D eigenvalue weighted by atomic mass is 16.2. The average molecular weight is 262 g/mol. The molecule has 1 aromatic carbocycles. The van der Waals surface area contributed by atoms with E-state index in [1.54, 1.807) is 0 Å². The number of anilines is 1. The highest BCUT2D eigenvalue weighted by Crippen LogP contribution is 2.20. The maximum Gasteiger partial charge on any atom is 0.253 e. The van der Waals surface area contributed by atoms with Crippen LogP contribution in [0, 0.1) is 6.92 Å². The first-order valence-corrected chi connectivity index (χ1v) is 7.08. The zero-order valence-corrected chi connectivity index (χ0v) is 12.9. The summed E-state index contributed by atoms with van der Waals surface area (Å²) in [5, 5.41) is 0. The van der Waals surface area contributed by atoms with Crippen LogP contribution in [0.1, 0.15) is 42.6 Å². The third kappa shape index (κ3) is 3.98. The first-order valence-electron chi connectivity index (χ1n) is 7.08. The Hall–Kier alpha value is -1.51. The summed E-state index contributed by atoms with van der Waals surface area (Å²) in [5.41, 5.74) is 3.10. The maximum absolute atomic E-state index is 12.5. The summed E-state index contributed by atoms with van der Waals surface area (Å²) in [6, 6.07) is 5.96. The van der Waals surface area contributed by atoms with Gasteiger partial charge in [-0.05, 0) is 43.5 Å². The van der Waals surface area contributed by atoms with Crippen molar-refractivity contribution in [3.8, 4) is 0 Å². The standard InChI is InChI=1S/C16H26N2O/c1-6-10-18(11-7-2)16(19)14-8-9-15(17(4)5)13(3)12-14/h8-9,12H,6-7,10-11H2,1-5H3. The van der Waals surface area contributed by atoms with E-state index >= 15 is 0 Å². The molecule has 0 N–H and O–H groups in total. The van der Waals surface area contributed by atoms with Gasteiger partial charge < -0.3 is 9.80 Å². The second-order valence-corrected chi connectivity index (χ2v) is 5.19. The van der Waals surface area contributed by atoms with Gasteiger partial charge in [0.05, 0.1) is 0 Å². The predicted octanol–water partition coefficient (Wildman–Crippen LogP) is 3.32. The second-order valence-electron chi connectivity index (χ2n) is 5.19. The zero-order chi connectivity index (χ0) is 14.4. The first-order chi connectivity index (χ1) is 9.01. The van der Waals surface area contributed by atoms with Gasteiger partial charge in [0.2, 0.25) is 0 Å². The van der Waals surface area contributed by atoms with Crippen molar-refractivity contribution < 1.29 is 4.79 Å². The third-order valence-electron chi connectivity index (χ3n) is 3.20. The highest BCUT2D eigenvalue weighted by Gasteiger charge is 2.15. The van der Waals surface area contributed by atoms with Gasteiger partial charge in [0.15, 0.2) is 0 Å². The van der Waals surface area contributed by atoms with Crippen LogP contribution in [0.2, 0.25) is 0 Å². The Labute approximate surface area is 117 Å². The van der Waals surface area contributed by atoms with E-state index in [2.05, 4.69) is 25.7 Å². The molecule has 106 valence electrons. The lowest BCUT2D eigenvalue weighted by Gasteiger charge is -2.22. The monoisotopic (exact) mass is 262 g/mol. The number of rotatable bonds is 6. The van der Waals surface area contributed by atoms with Gasteiger partial charge in [-0.25, -0.2) is 0 Å². The number of aryl methyl sites for hydroxylation is 1. The lowest BCUT2D eigenvalue weighted by atomic mass is 10.1. The van der Waals surface area contributed by atoms with Crippen molar-refractivity contribution in [2.45, 2.75) is 33.6 Å². The van der Waals surface area contributed by atoms with Gasteiger partial charge in [-0.15, -0.1) is 0 Å². The van der Waals surface area contributed by atoms with Crippen LogP contribution in [-0.2, 0) is 0 Å². The molecular formula is C16H26N2O. The zero-order valence-electron chi connectivity index (χ0n) is 12.9. The first kappa shape index (κ1) is 15.5. The van der Waals surface area contributed by atoms with E-state index in [0.717, 1.165) is 42.7 Å². The summed E-state index contributed by atoms with van der Waals surface area (Å²) >= 11 is 0. The largest absolute Gasteiger partial charge is 0.377 e. The molecule has 0 saturated heterocycles. The van der Waals surface area contributed by atoms with Crippen LogP contribution in [0.5, 0.6) is 0 Å². The summed E-state index contributed by atoms with van der Waals surface area (Å²) in [7, 11) is 4.04. The topological polar surface area (TPSA) is 23.6 Å².